The zero-order chi connectivity index (χ0) is 12.4. The average Bonchev–Trinajstić information content (AvgIpc) is 2.39. The van der Waals surface area contributed by atoms with Gasteiger partial charge in [-0.2, -0.15) is 0 Å². The Labute approximate surface area is 109 Å². The van der Waals surface area contributed by atoms with Gasteiger partial charge in [0, 0.05) is 24.2 Å². The third-order valence-corrected chi connectivity index (χ3v) is 2.95. The molecule has 0 spiro atoms. The largest absolute Gasteiger partial charge is 0.260 e. The van der Waals surface area contributed by atoms with Crippen molar-refractivity contribution in [3.8, 4) is 0 Å². The summed E-state index contributed by atoms with van der Waals surface area (Å²) in [6.45, 7) is 0. The normalized spacial score (nSPS) is 10.7. The number of aromatic nitrogens is 3. The van der Waals surface area contributed by atoms with Crippen LogP contribution in [0.3, 0.4) is 0 Å². The first-order valence-corrected chi connectivity index (χ1v) is 6.00. The summed E-state index contributed by atoms with van der Waals surface area (Å²) in [5.41, 5.74) is 3.03. The molecule has 4 heteroatoms. The van der Waals surface area contributed by atoms with Crippen molar-refractivity contribution in [1.29, 1.82) is 0 Å². The van der Waals surface area contributed by atoms with Crippen LogP contribution in [0.1, 0.15) is 11.3 Å². The van der Waals surface area contributed by atoms with E-state index in [0.717, 1.165) is 16.6 Å². The molecule has 0 unspecified atom stereocenters. The summed E-state index contributed by atoms with van der Waals surface area (Å²) in [4.78, 5) is 12.6. The molecular formula is C14H10ClN3. The number of hydrogen-bond acceptors (Lipinski definition) is 3. The van der Waals surface area contributed by atoms with E-state index in [4.69, 9.17) is 11.6 Å². The number of benzene rings is 1. The molecule has 3 rings (SSSR count). The topological polar surface area (TPSA) is 38.7 Å². The maximum atomic E-state index is 5.84. The summed E-state index contributed by atoms with van der Waals surface area (Å²) in [5, 5.41) is 1.56. The molecule has 2 aromatic heterocycles. The van der Waals surface area contributed by atoms with Crippen LogP contribution < -0.4 is 0 Å². The highest BCUT2D eigenvalue weighted by Gasteiger charge is 2.04. The highest BCUT2D eigenvalue weighted by molar-refractivity contribution is 6.29. The first-order valence-electron chi connectivity index (χ1n) is 5.62. The minimum absolute atomic E-state index is 0.422. The van der Waals surface area contributed by atoms with Gasteiger partial charge < -0.3 is 0 Å². The third kappa shape index (κ3) is 2.17. The van der Waals surface area contributed by atoms with Crippen LogP contribution in [0.2, 0.25) is 5.15 Å². The van der Waals surface area contributed by atoms with Crippen LogP contribution in [0.4, 0.5) is 0 Å². The summed E-state index contributed by atoms with van der Waals surface area (Å²) in [6, 6.07) is 10.1. The molecular weight excluding hydrogens is 246 g/mol. The molecule has 0 radical (unpaired) electrons. The van der Waals surface area contributed by atoms with Gasteiger partial charge in [-0.1, -0.05) is 29.8 Å². The summed E-state index contributed by atoms with van der Waals surface area (Å²) in [7, 11) is 0. The maximum absolute atomic E-state index is 5.84. The minimum atomic E-state index is 0.422. The Bertz CT molecular complexity index is 692. The van der Waals surface area contributed by atoms with E-state index in [2.05, 4.69) is 21.0 Å². The van der Waals surface area contributed by atoms with E-state index in [1.807, 2.05) is 30.5 Å². The van der Waals surface area contributed by atoms with Crippen molar-refractivity contribution in [3.63, 3.8) is 0 Å². The zero-order valence-electron chi connectivity index (χ0n) is 9.55. The van der Waals surface area contributed by atoms with Crippen molar-refractivity contribution >= 4 is 22.5 Å². The van der Waals surface area contributed by atoms with Crippen molar-refractivity contribution in [2.75, 3.05) is 0 Å². The predicted molar refractivity (Wildman–Crippen MR) is 71.6 cm³/mol. The number of rotatable bonds is 2. The van der Waals surface area contributed by atoms with Gasteiger partial charge in [0.25, 0.3) is 0 Å². The van der Waals surface area contributed by atoms with E-state index in [1.165, 1.54) is 11.8 Å². The number of fused-ring (bicyclic) bond motifs is 1. The van der Waals surface area contributed by atoms with E-state index >= 15 is 0 Å². The number of halogens is 1. The molecule has 0 amide bonds. The Morgan fingerprint density at radius 3 is 2.83 bits per heavy atom. The van der Waals surface area contributed by atoms with Gasteiger partial charge in [0.15, 0.2) is 0 Å². The van der Waals surface area contributed by atoms with E-state index < -0.39 is 0 Å². The fourth-order valence-corrected chi connectivity index (χ4v) is 2.13. The van der Waals surface area contributed by atoms with Crippen LogP contribution in [-0.2, 0) is 6.42 Å². The van der Waals surface area contributed by atoms with Crippen LogP contribution in [-0.4, -0.2) is 15.0 Å². The fourth-order valence-electron chi connectivity index (χ4n) is 1.97. The minimum Gasteiger partial charge on any atom is -0.260 e. The summed E-state index contributed by atoms with van der Waals surface area (Å²) in [5.74, 6) is 0. The smallest absolute Gasteiger partial charge is 0.147 e. The van der Waals surface area contributed by atoms with Crippen LogP contribution in [0.5, 0.6) is 0 Å². The number of nitrogens with zero attached hydrogens (tertiary/aromatic N) is 3. The van der Waals surface area contributed by atoms with Crippen LogP contribution >= 0.6 is 11.6 Å². The van der Waals surface area contributed by atoms with Crippen LogP contribution in [0.25, 0.3) is 10.9 Å². The molecule has 0 saturated carbocycles. The van der Waals surface area contributed by atoms with Crippen molar-refractivity contribution in [2.45, 2.75) is 6.42 Å². The van der Waals surface area contributed by atoms with Gasteiger partial charge in [-0.05, 0) is 17.7 Å². The molecule has 88 valence electrons. The summed E-state index contributed by atoms with van der Waals surface area (Å²) >= 11 is 5.84. The van der Waals surface area contributed by atoms with Gasteiger partial charge in [-0.3, -0.25) is 9.97 Å². The first kappa shape index (κ1) is 11.1. The van der Waals surface area contributed by atoms with E-state index in [9.17, 15) is 0 Å². The molecule has 3 nitrogen and oxygen atoms in total. The Hall–Kier alpha value is -2.00. The highest BCUT2D eigenvalue weighted by atomic mass is 35.5. The Kier molecular flexibility index (Phi) is 2.90. The van der Waals surface area contributed by atoms with Gasteiger partial charge in [0.2, 0.25) is 0 Å². The molecule has 3 aromatic rings. The molecule has 1 aromatic carbocycles. The molecule has 2 heterocycles. The molecule has 18 heavy (non-hydrogen) atoms. The summed E-state index contributed by atoms with van der Waals surface area (Å²) < 4.78 is 0. The average molecular weight is 256 g/mol. The number of pyridine rings is 1. The second-order valence-corrected chi connectivity index (χ2v) is 4.38. The SMILES string of the molecule is Clc1cncc(Cc2ccnc3ccccc23)n1. The van der Waals surface area contributed by atoms with Gasteiger partial charge in [-0.25, -0.2) is 4.98 Å². The monoisotopic (exact) mass is 255 g/mol. The Morgan fingerprint density at radius 2 is 1.94 bits per heavy atom. The molecule has 0 aliphatic heterocycles. The maximum Gasteiger partial charge on any atom is 0.147 e. The van der Waals surface area contributed by atoms with Crippen molar-refractivity contribution in [1.82, 2.24) is 15.0 Å². The Balaban J connectivity index is 2.05. The molecule has 0 atom stereocenters. The van der Waals surface area contributed by atoms with Gasteiger partial charge >= 0.3 is 0 Å². The van der Waals surface area contributed by atoms with Gasteiger partial charge in [0.05, 0.1) is 17.4 Å². The lowest BCUT2D eigenvalue weighted by molar-refractivity contribution is 1.03. The highest BCUT2D eigenvalue weighted by Crippen LogP contribution is 2.18. The molecule has 0 N–H and O–H groups in total. The quantitative estimate of drug-likeness (QED) is 0.705. The fraction of sp³-hybridized carbons (Fsp3) is 0.0714. The van der Waals surface area contributed by atoms with Gasteiger partial charge in [0.1, 0.15) is 5.15 Å². The second-order valence-electron chi connectivity index (χ2n) is 4.00. The number of hydrogen-bond donors (Lipinski definition) is 0. The predicted octanol–water partition coefficient (Wildman–Crippen LogP) is 3.27. The third-order valence-electron chi connectivity index (χ3n) is 2.77. The molecule has 0 aliphatic carbocycles. The van der Waals surface area contributed by atoms with Gasteiger partial charge in [-0.15, -0.1) is 0 Å². The lowest BCUT2D eigenvalue weighted by Gasteiger charge is -2.05. The van der Waals surface area contributed by atoms with Crippen molar-refractivity contribution < 1.29 is 0 Å². The standard InChI is InChI=1S/C14H10ClN3/c15-14-9-16-8-11(18-14)7-10-5-6-17-13-4-2-1-3-12(10)13/h1-6,8-9H,7H2. The molecule has 0 fully saturated rings. The van der Waals surface area contributed by atoms with E-state index in [-0.39, 0.29) is 0 Å². The number of para-hydroxylation sites is 1. The van der Waals surface area contributed by atoms with E-state index in [1.54, 1.807) is 6.20 Å². The van der Waals surface area contributed by atoms with Crippen LogP contribution in [0.15, 0.2) is 48.9 Å². The zero-order valence-corrected chi connectivity index (χ0v) is 10.3. The molecule has 0 saturated heterocycles. The van der Waals surface area contributed by atoms with E-state index in [0.29, 0.717) is 11.6 Å². The van der Waals surface area contributed by atoms with Crippen molar-refractivity contribution in [3.05, 3.63) is 65.3 Å². The molecule has 0 bridgehead atoms. The first-order chi connectivity index (χ1) is 8.83. The lowest BCUT2D eigenvalue weighted by Crippen LogP contribution is -1.95. The lowest BCUT2D eigenvalue weighted by atomic mass is 10.1. The molecule has 0 aliphatic rings. The summed E-state index contributed by atoms with van der Waals surface area (Å²) in [6.07, 6.45) is 5.79. The van der Waals surface area contributed by atoms with Crippen molar-refractivity contribution in [2.24, 2.45) is 0 Å². The van der Waals surface area contributed by atoms with Crippen LogP contribution in [0, 0.1) is 0 Å². The second kappa shape index (κ2) is 4.70. The Morgan fingerprint density at radius 1 is 1.06 bits per heavy atom.